The molecule has 1 aliphatic rings. The van der Waals surface area contributed by atoms with Crippen LogP contribution in [0, 0.1) is 0 Å². The van der Waals surface area contributed by atoms with Crippen LogP contribution >= 0.6 is 0 Å². The maximum atomic E-state index is 12.8. The second-order valence-electron chi connectivity index (χ2n) is 5.79. The molecule has 0 spiro atoms. The van der Waals surface area contributed by atoms with Crippen LogP contribution in [0.15, 0.2) is 47.6 Å². The van der Waals surface area contributed by atoms with Gasteiger partial charge in [0, 0.05) is 36.9 Å². The summed E-state index contributed by atoms with van der Waals surface area (Å²) in [6.07, 6.45) is 10.7. The van der Waals surface area contributed by atoms with E-state index in [1.807, 2.05) is 0 Å². The maximum absolute atomic E-state index is 12.8. The van der Waals surface area contributed by atoms with Crippen LogP contribution in [0.3, 0.4) is 0 Å². The molecule has 0 unspecified atom stereocenters. The summed E-state index contributed by atoms with van der Waals surface area (Å²) in [5.41, 5.74) is 1.15. The van der Waals surface area contributed by atoms with E-state index in [0.717, 1.165) is 19.3 Å². The topological polar surface area (TPSA) is 97.9 Å². The van der Waals surface area contributed by atoms with Gasteiger partial charge in [0.05, 0.1) is 6.20 Å². The van der Waals surface area contributed by atoms with E-state index in [1.165, 1.54) is 0 Å². The van der Waals surface area contributed by atoms with Gasteiger partial charge in [-0.2, -0.15) is 4.98 Å². The van der Waals surface area contributed by atoms with Crippen LogP contribution in [0.1, 0.15) is 41.6 Å². The van der Waals surface area contributed by atoms with Gasteiger partial charge in [0.1, 0.15) is 11.7 Å². The highest BCUT2D eigenvalue weighted by Crippen LogP contribution is 2.31. The van der Waals surface area contributed by atoms with Gasteiger partial charge >= 0.3 is 0 Å². The Morgan fingerprint density at radius 2 is 2.00 bits per heavy atom. The number of nitrogens with zero attached hydrogens (tertiary/aromatic N) is 6. The van der Waals surface area contributed by atoms with E-state index in [2.05, 4.69) is 25.1 Å². The summed E-state index contributed by atoms with van der Waals surface area (Å²) in [5, 5.41) is 3.99. The fourth-order valence-electron chi connectivity index (χ4n) is 2.98. The standard InChI is InChI=1S/C17H16N6O2/c24-17(12-4-6-18-7-5-12)23-10-2-1-3-14(23)16-21-15(22-25-16)13-11-19-8-9-20-13/h4-9,11,14H,1-3,10H2/t14-/m1/s1. The first kappa shape index (κ1) is 15.4. The summed E-state index contributed by atoms with van der Waals surface area (Å²) in [5.74, 6) is 0.763. The molecule has 4 heterocycles. The van der Waals surface area contributed by atoms with E-state index in [9.17, 15) is 4.79 Å². The lowest BCUT2D eigenvalue weighted by Gasteiger charge is -2.33. The fourth-order valence-corrected chi connectivity index (χ4v) is 2.98. The monoisotopic (exact) mass is 336 g/mol. The third-order valence-corrected chi connectivity index (χ3v) is 4.21. The second kappa shape index (κ2) is 6.76. The summed E-state index contributed by atoms with van der Waals surface area (Å²) < 4.78 is 5.44. The first-order chi connectivity index (χ1) is 12.3. The van der Waals surface area contributed by atoms with Gasteiger partial charge in [0.15, 0.2) is 0 Å². The summed E-state index contributed by atoms with van der Waals surface area (Å²) in [4.78, 5) is 31.2. The van der Waals surface area contributed by atoms with Crippen molar-refractivity contribution in [3.05, 3.63) is 54.6 Å². The first-order valence-corrected chi connectivity index (χ1v) is 8.14. The SMILES string of the molecule is O=C(c1ccncc1)N1CCCC[C@@H]1c1nc(-c2cnccn2)no1. The Labute approximate surface area is 143 Å². The Balaban J connectivity index is 1.62. The second-order valence-corrected chi connectivity index (χ2v) is 5.79. The average Bonchev–Trinajstić information content (AvgIpc) is 3.19. The van der Waals surface area contributed by atoms with E-state index >= 15 is 0 Å². The van der Waals surface area contributed by atoms with Crippen molar-refractivity contribution >= 4 is 5.91 Å². The Morgan fingerprint density at radius 1 is 1.12 bits per heavy atom. The van der Waals surface area contributed by atoms with Crippen molar-refractivity contribution in [1.82, 2.24) is 30.0 Å². The molecule has 1 saturated heterocycles. The van der Waals surface area contributed by atoms with Crippen LogP contribution in [-0.2, 0) is 0 Å². The minimum absolute atomic E-state index is 0.0497. The highest BCUT2D eigenvalue weighted by molar-refractivity contribution is 5.94. The zero-order chi connectivity index (χ0) is 17.1. The van der Waals surface area contributed by atoms with Gasteiger partial charge in [-0.3, -0.25) is 14.8 Å². The normalized spacial score (nSPS) is 17.4. The van der Waals surface area contributed by atoms with E-state index in [0.29, 0.717) is 29.5 Å². The van der Waals surface area contributed by atoms with E-state index in [1.54, 1.807) is 48.0 Å². The number of hydrogen-bond acceptors (Lipinski definition) is 7. The van der Waals surface area contributed by atoms with Gasteiger partial charge in [-0.25, -0.2) is 4.98 Å². The predicted molar refractivity (Wildman–Crippen MR) is 87.2 cm³/mol. The maximum Gasteiger partial charge on any atom is 0.254 e. The molecule has 4 rings (SSSR count). The predicted octanol–water partition coefficient (Wildman–Crippen LogP) is 2.29. The van der Waals surface area contributed by atoms with Gasteiger partial charge in [0.25, 0.3) is 5.91 Å². The molecule has 0 radical (unpaired) electrons. The van der Waals surface area contributed by atoms with Gasteiger partial charge in [-0.15, -0.1) is 0 Å². The van der Waals surface area contributed by atoms with Crippen LogP contribution < -0.4 is 0 Å². The van der Waals surface area contributed by atoms with Gasteiger partial charge < -0.3 is 9.42 Å². The lowest BCUT2D eigenvalue weighted by atomic mass is 10.0. The van der Waals surface area contributed by atoms with E-state index in [-0.39, 0.29) is 11.9 Å². The van der Waals surface area contributed by atoms with Crippen LogP contribution in [0.4, 0.5) is 0 Å². The van der Waals surface area contributed by atoms with Crippen molar-refractivity contribution in [1.29, 1.82) is 0 Å². The molecule has 8 heteroatoms. The molecular weight excluding hydrogens is 320 g/mol. The van der Waals surface area contributed by atoms with Crippen molar-refractivity contribution in [2.75, 3.05) is 6.54 Å². The van der Waals surface area contributed by atoms with Crippen LogP contribution in [0.25, 0.3) is 11.5 Å². The molecule has 3 aromatic rings. The van der Waals surface area contributed by atoms with E-state index in [4.69, 9.17) is 4.52 Å². The molecule has 1 atom stereocenters. The zero-order valence-electron chi connectivity index (χ0n) is 13.4. The molecule has 1 aliphatic heterocycles. The highest BCUT2D eigenvalue weighted by atomic mass is 16.5. The third-order valence-electron chi connectivity index (χ3n) is 4.21. The number of rotatable bonds is 3. The third kappa shape index (κ3) is 3.10. The summed E-state index contributed by atoms with van der Waals surface area (Å²) in [7, 11) is 0. The highest BCUT2D eigenvalue weighted by Gasteiger charge is 2.32. The average molecular weight is 336 g/mol. The summed E-state index contributed by atoms with van der Waals surface area (Å²) in [6.45, 7) is 0.661. The molecule has 3 aromatic heterocycles. The van der Waals surface area contributed by atoms with E-state index < -0.39 is 0 Å². The van der Waals surface area contributed by atoms with Crippen LogP contribution in [0.5, 0.6) is 0 Å². The minimum Gasteiger partial charge on any atom is -0.337 e. The number of likely N-dealkylation sites (tertiary alicyclic amines) is 1. The number of hydrogen-bond donors (Lipinski definition) is 0. The molecule has 1 fully saturated rings. The zero-order valence-corrected chi connectivity index (χ0v) is 13.4. The summed E-state index contributed by atoms with van der Waals surface area (Å²) >= 11 is 0. The number of carbonyl (C=O) groups excluding carboxylic acids is 1. The summed E-state index contributed by atoms with van der Waals surface area (Å²) in [6, 6.07) is 3.20. The smallest absolute Gasteiger partial charge is 0.254 e. The van der Waals surface area contributed by atoms with Crippen molar-refractivity contribution in [2.24, 2.45) is 0 Å². The molecule has 0 N–H and O–H groups in total. The van der Waals surface area contributed by atoms with Crippen molar-refractivity contribution in [2.45, 2.75) is 25.3 Å². The number of carbonyl (C=O) groups is 1. The molecule has 0 saturated carbocycles. The quantitative estimate of drug-likeness (QED) is 0.723. The number of pyridine rings is 1. The van der Waals surface area contributed by atoms with Crippen LogP contribution in [0.2, 0.25) is 0 Å². The van der Waals surface area contributed by atoms with Gasteiger partial charge in [-0.1, -0.05) is 5.16 Å². The van der Waals surface area contributed by atoms with Gasteiger partial charge in [-0.05, 0) is 31.4 Å². The Kier molecular flexibility index (Phi) is 4.16. The molecule has 1 amide bonds. The Bertz CT molecular complexity index is 852. The molecular formula is C17H16N6O2. The lowest BCUT2D eigenvalue weighted by molar-refractivity contribution is 0.0561. The molecule has 0 bridgehead atoms. The number of piperidine rings is 1. The molecule has 126 valence electrons. The molecule has 25 heavy (non-hydrogen) atoms. The largest absolute Gasteiger partial charge is 0.337 e. The number of aromatic nitrogens is 5. The van der Waals surface area contributed by atoms with Gasteiger partial charge in [0.2, 0.25) is 11.7 Å². The Hall–Kier alpha value is -3.16. The molecule has 8 nitrogen and oxygen atoms in total. The minimum atomic E-state index is -0.229. The van der Waals surface area contributed by atoms with Crippen molar-refractivity contribution in [3.8, 4) is 11.5 Å². The molecule has 0 aromatic carbocycles. The van der Waals surface area contributed by atoms with Crippen molar-refractivity contribution in [3.63, 3.8) is 0 Å². The lowest BCUT2D eigenvalue weighted by Crippen LogP contribution is -2.38. The van der Waals surface area contributed by atoms with Crippen LogP contribution in [-0.4, -0.2) is 42.4 Å². The first-order valence-electron chi connectivity index (χ1n) is 8.14. The molecule has 0 aliphatic carbocycles. The Morgan fingerprint density at radius 3 is 2.80 bits per heavy atom. The number of amides is 1. The van der Waals surface area contributed by atoms with Crippen molar-refractivity contribution < 1.29 is 9.32 Å². The fraction of sp³-hybridized carbons (Fsp3) is 0.294.